The number of allylic oxidation sites excluding steroid dienone is 1. The molecule has 0 aliphatic carbocycles. The van der Waals surface area contributed by atoms with Crippen LogP contribution in [0.15, 0.2) is 41.3 Å². The first-order valence-electron chi connectivity index (χ1n) is 9.58. The van der Waals surface area contributed by atoms with Gasteiger partial charge in [0.05, 0.1) is 18.0 Å². The van der Waals surface area contributed by atoms with Crippen molar-refractivity contribution in [2.45, 2.75) is 26.3 Å². The summed E-state index contributed by atoms with van der Waals surface area (Å²) in [5, 5.41) is 13.5. The van der Waals surface area contributed by atoms with Crippen molar-refractivity contribution in [3.8, 4) is 11.8 Å². The van der Waals surface area contributed by atoms with Gasteiger partial charge in [-0.25, -0.2) is 0 Å². The first-order chi connectivity index (χ1) is 13.4. The highest BCUT2D eigenvalue weighted by molar-refractivity contribution is 6.08. The van der Waals surface area contributed by atoms with Crippen LogP contribution in [0.4, 0.5) is 0 Å². The molecule has 1 saturated heterocycles. The van der Waals surface area contributed by atoms with Gasteiger partial charge >= 0.3 is 0 Å². The molecule has 3 rings (SSSR count). The second kappa shape index (κ2) is 8.68. The lowest BCUT2D eigenvalue weighted by Crippen LogP contribution is -2.47. The predicted molar refractivity (Wildman–Crippen MR) is 114 cm³/mol. The number of aromatic nitrogens is 1. The molecule has 144 valence electrons. The molecule has 5 nitrogen and oxygen atoms in total. The van der Waals surface area contributed by atoms with Crippen LogP contribution >= 0.6 is 0 Å². The molecule has 0 spiro atoms. The third-order valence-electron chi connectivity index (χ3n) is 5.08. The monoisotopic (exact) mass is 375 g/mol. The number of nitrogens with zero attached hydrogens (tertiary/aromatic N) is 2. The van der Waals surface area contributed by atoms with Crippen LogP contribution in [0.3, 0.4) is 0 Å². The summed E-state index contributed by atoms with van der Waals surface area (Å²) < 4.78 is 1.20. The number of β-amino-alcohol motifs (C(OH)–C–C–N with tert-alkyl or cyclic N) is 1. The summed E-state index contributed by atoms with van der Waals surface area (Å²) in [4.78, 5) is 15.1. The number of rotatable bonds is 6. The Morgan fingerprint density at radius 3 is 2.89 bits per heavy atom. The van der Waals surface area contributed by atoms with Crippen molar-refractivity contribution in [1.82, 2.24) is 14.7 Å². The molecule has 1 aliphatic heterocycles. The lowest BCUT2D eigenvalue weighted by Gasteiger charge is -2.37. The Morgan fingerprint density at radius 1 is 1.46 bits per heavy atom. The molecule has 0 amide bonds. The molecule has 1 aromatic heterocycles. The Morgan fingerprint density at radius 2 is 2.21 bits per heavy atom. The van der Waals surface area contributed by atoms with E-state index in [0.29, 0.717) is 22.6 Å². The minimum Gasteiger partial charge on any atom is -0.395 e. The van der Waals surface area contributed by atoms with Gasteiger partial charge in [0.1, 0.15) is 0 Å². The smallest absolute Gasteiger partial charge is 0.246 e. The van der Waals surface area contributed by atoms with Gasteiger partial charge in [0, 0.05) is 43.0 Å². The van der Waals surface area contributed by atoms with Crippen LogP contribution in [0.2, 0.25) is 0 Å². The fraction of sp³-hybridized carbons (Fsp3) is 0.409. The number of hydrogen-bond donors (Lipinski definition) is 2. The average molecular weight is 375 g/mol. The first-order valence-corrected chi connectivity index (χ1v) is 9.58. The number of aliphatic hydroxyl groups is 1. The van der Waals surface area contributed by atoms with Gasteiger partial charge in [-0.3, -0.25) is 4.79 Å². The van der Waals surface area contributed by atoms with Crippen LogP contribution in [0.25, 0.3) is 10.8 Å². The number of likely N-dealkylation sites (tertiary alicyclic amines) is 1. The van der Waals surface area contributed by atoms with Gasteiger partial charge in [0.25, 0.3) is 0 Å². The Balaban J connectivity index is 1.85. The van der Waals surface area contributed by atoms with E-state index < -0.39 is 0 Å². The van der Waals surface area contributed by atoms with Crippen LogP contribution < -0.4 is 10.9 Å². The maximum absolute atomic E-state index is 12.9. The summed E-state index contributed by atoms with van der Waals surface area (Å²) in [6.45, 7) is 10.5. The summed E-state index contributed by atoms with van der Waals surface area (Å²) >= 11 is 0. The average Bonchev–Trinajstić information content (AvgIpc) is 2.61. The highest BCUT2D eigenvalue weighted by atomic mass is 16.3. The molecular formula is C22H26BN3O2. The number of aliphatic hydroxyl groups excluding tert-OH is 1. The van der Waals surface area contributed by atoms with Crippen LogP contribution in [-0.4, -0.2) is 48.7 Å². The molecular weight excluding hydrogens is 349 g/mol. The quantitative estimate of drug-likeness (QED) is 0.597. The van der Waals surface area contributed by atoms with E-state index >= 15 is 0 Å². The second-order valence-corrected chi connectivity index (χ2v) is 7.52. The van der Waals surface area contributed by atoms with Crippen molar-refractivity contribution in [2.24, 2.45) is 5.92 Å². The number of hydrogen-bond acceptors (Lipinski definition) is 4. The molecule has 1 aromatic carbocycles. The third kappa shape index (κ3) is 4.32. The Bertz CT molecular complexity index is 996. The SMILES string of the molecule is [B]n1c([C@H](C)NC(=C)C)cc2cccc(C#CCC3CN(CCO)C3)c2c1=O. The Hall–Kier alpha value is -2.49. The van der Waals surface area contributed by atoms with Crippen molar-refractivity contribution in [1.29, 1.82) is 0 Å². The van der Waals surface area contributed by atoms with E-state index in [1.54, 1.807) is 0 Å². The minimum atomic E-state index is -0.245. The van der Waals surface area contributed by atoms with Gasteiger partial charge in [0.15, 0.2) is 0 Å². The van der Waals surface area contributed by atoms with E-state index in [4.69, 9.17) is 13.1 Å². The Labute approximate surface area is 167 Å². The molecule has 2 heterocycles. The van der Waals surface area contributed by atoms with Crippen LogP contribution in [0.5, 0.6) is 0 Å². The fourth-order valence-corrected chi connectivity index (χ4v) is 3.70. The largest absolute Gasteiger partial charge is 0.395 e. The summed E-state index contributed by atoms with van der Waals surface area (Å²) in [5.74, 6) is 6.91. The van der Waals surface area contributed by atoms with Crippen molar-refractivity contribution >= 4 is 18.8 Å². The zero-order chi connectivity index (χ0) is 20.3. The van der Waals surface area contributed by atoms with E-state index in [1.165, 1.54) is 4.48 Å². The van der Waals surface area contributed by atoms with Gasteiger partial charge in [-0.1, -0.05) is 30.6 Å². The van der Waals surface area contributed by atoms with Gasteiger partial charge in [-0.15, -0.1) is 0 Å². The number of pyridine rings is 1. The predicted octanol–water partition coefficient (Wildman–Crippen LogP) is 1.78. The molecule has 2 radical (unpaired) electrons. The number of benzene rings is 1. The molecule has 0 bridgehead atoms. The summed E-state index contributed by atoms with van der Waals surface area (Å²) in [6, 6.07) is 7.50. The van der Waals surface area contributed by atoms with Crippen LogP contribution in [-0.2, 0) is 0 Å². The van der Waals surface area contributed by atoms with E-state index in [9.17, 15) is 4.79 Å². The molecule has 1 fully saturated rings. The summed E-state index contributed by atoms with van der Waals surface area (Å²) in [5.41, 5.74) is 1.98. The maximum atomic E-state index is 12.9. The van der Waals surface area contributed by atoms with E-state index in [-0.39, 0.29) is 18.2 Å². The standard InChI is InChI=1S/C22H26BN3O2/c1-15(2)24-16(3)20-12-19-9-5-8-18(21(19)22(28)26(20)23)7-4-6-17-13-25(14-17)10-11-27/h5,8-9,12,16-17,24,27H,1,6,10-11,13-14H2,2-3H3/t16-/m0/s1. The van der Waals surface area contributed by atoms with Gasteiger partial charge in [-0.2, -0.15) is 0 Å². The van der Waals surface area contributed by atoms with E-state index in [2.05, 4.69) is 28.6 Å². The molecule has 0 unspecified atom stereocenters. The van der Waals surface area contributed by atoms with Crippen molar-refractivity contribution < 1.29 is 5.11 Å². The summed E-state index contributed by atoms with van der Waals surface area (Å²) in [7, 11) is 6.11. The lowest BCUT2D eigenvalue weighted by molar-refractivity contribution is 0.0809. The minimum absolute atomic E-state index is 0.130. The third-order valence-corrected chi connectivity index (χ3v) is 5.08. The number of fused-ring (bicyclic) bond motifs is 1. The molecule has 6 heteroatoms. The first kappa shape index (κ1) is 20.3. The molecule has 0 saturated carbocycles. The molecule has 2 aromatic rings. The van der Waals surface area contributed by atoms with Crippen molar-refractivity contribution in [2.75, 3.05) is 26.2 Å². The van der Waals surface area contributed by atoms with E-state index in [1.807, 2.05) is 38.1 Å². The molecule has 1 atom stereocenters. The summed E-state index contributed by atoms with van der Waals surface area (Å²) in [6.07, 6.45) is 0.785. The molecule has 28 heavy (non-hydrogen) atoms. The second-order valence-electron chi connectivity index (χ2n) is 7.52. The van der Waals surface area contributed by atoms with Gasteiger partial charge in [-0.05, 0) is 37.3 Å². The van der Waals surface area contributed by atoms with E-state index in [0.717, 1.165) is 37.1 Å². The van der Waals surface area contributed by atoms with Crippen LogP contribution in [0.1, 0.15) is 37.6 Å². The highest BCUT2D eigenvalue weighted by Gasteiger charge is 2.24. The normalized spacial score (nSPS) is 15.5. The number of nitrogens with one attached hydrogen (secondary N) is 1. The molecule has 2 N–H and O–H groups in total. The maximum Gasteiger partial charge on any atom is 0.246 e. The Kier molecular flexibility index (Phi) is 6.28. The lowest BCUT2D eigenvalue weighted by atomic mass is 9.96. The topological polar surface area (TPSA) is 57.5 Å². The zero-order valence-electron chi connectivity index (χ0n) is 16.5. The van der Waals surface area contributed by atoms with Crippen molar-refractivity contribution in [3.63, 3.8) is 0 Å². The van der Waals surface area contributed by atoms with Crippen LogP contribution in [0, 0.1) is 17.8 Å². The molecule has 1 aliphatic rings. The highest BCUT2D eigenvalue weighted by Crippen LogP contribution is 2.21. The van der Waals surface area contributed by atoms with Gasteiger partial charge < -0.3 is 19.8 Å². The zero-order valence-corrected chi connectivity index (χ0v) is 16.5. The van der Waals surface area contributed by atoms with Crippen molar-refractivity contribution in [3.05, 3.63) is 58.2 Å². The van der Waals surface area contributed by atoms with Gasteiger partial charge in [0.2, 0.25) is 13.5 Å². The fourth-order valence-electron chi connectivity index (χ4n) is 3.70.